The summed E-state index contributed by atoms with van der Waals surface area (Å²) in [7, 11) is 0. The molecular formula is C18H22N2O. The van der Waals surface area contributed by atoms with Crippen LogP contribution < -0.4 is 10.1 Å². The van der Waals surface area contributed by atoms with Crippen LogP contribution in [0.25, 0.3) is 0 Å². The van der Waals surface area contributed by atoms with Gasteiger partial charge in [-0.25, -0.2) is 0 Å². The minimum absolute atomic E-state index is 0.128. The standard InChI is InChI=1S/C18H22N2O/c1-18(2)13-16(15-8-3-4-9-17(15)21-18)20-12-10-14-7-5-6-11-19-14/h3-9,11,16,20H,10,12-13H2,1-2H3. The summed E-state index contributed by atoms with van der Waals surface area (Å²) < 4.78 is 6.06. The molecule has 1 N–H and O–H groups in total. The van der Waals surface area contributed by atoms with Crippen LogP contribution in [0.15, 0.2) is 48.7 Å². The molecule has 3 nitrogen and oxygen atoms in total. The second-order valence-corrected chi connectivity index (χ2v) is 6.18. The third kappa shape index (κ3) is 3.42. The molecule has 0 saturated carbocycles. The van der Waals surface area contributed by atoms with Crippen LogP contribution in [-0.2, 0) is 6.42 Å². The van der Waals surface area contributed by atoms with Gasteiger partial charge in [-0.1, -0.05) is 24.3 Å². The van der Waals surface area contributed by atoms with E-state index in [4.69, 9.17) is 4.74 Å². The summed E-state index contributed by atoms with van der Waals surface area (Å²) in [4.78, 5) is 4.37. The molecule has 0 saturated heterocycles. The maximum atomic E-state index is 6.06. The summed E-state index contributed by atoms with van der Waals surface area (Å²) >= 11 is 0. The lowest BCUT2D eigenvalue weighted by atomic mass is 9.89. The quantitative estimate of drug-likeness (QED) is 0.931. The number of nitrogens with zero attached hydrogens (tertiary/aromatic N) is 1. The van der Waals surface area contributed by atoms with Crippen molar-refractivity contribution in [3.8, 4) is 5.75 Å². The molecular weight excluding hydrogens is 260 g/mol. The molecule has 1 aromatic carbocycles. The van der Waals surface area contributed by atoms with Gasteiger partial charge in [0.2, 0.25) is 0 Å². The van der Waals surface area contributed by atoms with E-state index in [1.54, 1.807) is 0 Å². The highest BCUT2D eigenvalue weighted by Crippen LogP contribution is 2.39. The summed E-state index contributed by atoms with van der Waals surface area (Å²) in [6, 6.07) is 14.7. The second kappa shape index (κ2) is 5.86. The van der Waals surface area contributed by atoms with Gasteiger partial charge in [-0.15, -0.1) is 0 Å². The van der Waals surface area contributed by atoms with E-state index in [2.05, 4.69) is 48.4 Å². The zero-order valence-corrected chi connectivity index (χ0v) is 12.7. The van der Waals surface area contributed by atoms with Crippen molar-refractivity contribution in [3.63, 3.8) is 0 Å². The number of hydrogen-bond donors (Lipinski definition) is 1. The predicted octanol–water partition coefficient (Wildman–Crippen LogP) is 3.52. The Kier molecular flexibility index (Phi) is 3.93. The average Bonchev–Trinajstić information content (AvgIpc) is 2.47. The molecule has 1 atom stereocenters. The Balaban J connectivity index is 1.67. The number of pyridine rings is 1. The molecule has 0 bridgehead atoms. The van der Waals surface area contributed by atoms with Crippen LogP contribution in [0, 0.1) is 0 Å². The summed E-state index contributed by atoms with van der Waals surface area (Å²) in [6.07, 6.45) is 3.77. The number of para-hydroxylation sites is 1. The van der Waals surface area contributed by atoms with Crippen molar-refractivity contribution < 1.29 is 4.74 Å². The predicted molar refractivity (Wildman–Crippen MR) is 84.5 cm³/mol. The minimum Gasteiger partial charge on any atom is -0.487 e. The van der Waals surface area contributed by atoms with Crippen LogP contribution in [0.4, 0.5) is 0 Å². The molecule has 3 heteroatoms. The summed E-state index contributed by atoms with van der Waals surface area (Å²) in [6.45, 7) is 5.22. The molecule has 1 aromatic heterocycles. The number of nitrogens with one attached hydrogen (secondary N) is 1. The number of aromatic nitrogens is 1. The third-order valence-corrected chi connectivity index (χ3v) is 3.87. The highest BCUT2D eigenvalue weighted by atomic mass is 16.5. The van der Waals surface area contributed by atoms with E-state index in [1.165, 1.54) is 5.56 Å². The zero-order valence-electron chi connectivity index (χ0n) is 12.7. The highest BCUT2D eigenvalue weighted by Gasteiger charge is 2.32. The smallest absolute Gasteiger partial charge is 0.124 e. The summed E-state index contributed by atoms with van der Waals surface area (Å²) in [5.41, 5.74) is 2.26. The first-order valence-electron chi connectivity index (χ1n) is 7.55. The van der Waals surface area contributed by atoms with Crippen LogP contribution >= 0.6 is 0 Å². The van der Waals surface area contributed by atoms with Gasteiger partial charge in [-0.3, -0.25) is 4.98 Å². The number of fused-ring (bicyclic) bond motifs is 1. The lowest BCUT2D eigenvalue weighted by Gasteiger charge is -2.38. The maximum Gasteiger partial charge on any atom is 0.124 e. The molecule has 1 aliphatic heterocycles. The van der Waals surface area contributed by atoms with Gasteiger partial charge in [0.1, 0.15) is 11.4 Å². The molecule has 2 aromatic rings. The van der Waals surface area contributed by atoms with Crippen molar-refractivity contribution in [1.82, 2.24) is 10.3 Å². The minimum atomic E-state index is -0.128. The van der Waals surface area contributed by atoms with Gasteiger partial charge in [0.15, 0.2) is 0 Å². The molecule has 1 unspecified atom stereocenters. The molecule has 0 amide bonds. The van der Waals surface area contributed by atoms with E-state index in [0.29, 0.717) is 6.04 Å². The topological polar surface area (TPSA) is 34.2 Å². The monoisotopic (exact) mass is 282 g/mol. The van der Waals surface area contributed by atoms with E-state index in [9.17, 15) is 0 Å². The zero-order chi connectivity index (χ0) is 14.7. The Morgan fingerprint density at radius 1 is 1.19 bits per heavy atom. The van der Waals surface area contributed by atoms with E-state index < -0.39 is 0 Å². The van der Waals surface area contributed by atoms with Crippen molar-refractivity contribution in [2.75, 3.05) is 6.54 Å². The Morgan fingerprint density at radius 3 is 2.81 bits per heavy atom. The molecule has 0 fully saturated rings. The number of ether oxygens (including phenoxy) is 1. The fourth-order valence-electron chi connectivity index (χ4n) is 2.90. The molecule has 1 aliphatic rings. The Bertz CT molecular complexity index is 595. The molecule has 2 heterocycles. The molecule has 0 aliphatic carbocycles. The molecule has 3 rings (SSSR count). The normalized spacial score (nSPS) is 19.6. The van der Waals surface area contributed by atoms with Gasteiger partial charge in [-0.05, 0) is 32.0 Å². The Labute approximate surface area is 126 Å². The van der Waals surface area contributed by atoms with E-state index >= 15 is 0 Å². The van der Waals surface area contributed by atoms with E-state index in [0.717, 1.165) is 30.8 Å². The van der Waals surface area contributed by atoms with Gasteiger partial charge in [0.25, 0.3) is 0 Å². The fourth-order valence-corrected chi connectivity index (χ4v) is 2.90. The fraction of sp³-hybridized carbons (Fsp3) is 0.389. The number of rotatable bonds is 4. The van der Waals surface area contributed by atoms with Gasteiger partial charge in [0.05, 0.1) is 0 Å². The first kappa shape index (κ1) is 14.1. The van der Waals surface area contributed by atoms with Gasteiger partial charge >= 0.3 is 0 Å². The van der Waals surface area contributed by atoms with Crippen molar-refractivity contribution in [2.24, 2.45) is 0 Å². The lowest BCUT2D eigenvalue weighted by Crippen LogP contribution is -2.40. The lowest BCUT2D eigenvalue weighted by molar-refractivity contribution is 0.0662. The summed E-state index contributed by atoms with van der Waals surface area (Å²) in [5.74, 6) is 1.00. The van der Waals surface area contributed by atoms with Crippen molar-refractivity contribution in [1.29, 1.82) is 0 Å². The third-order valence-electron chi connectivity index (χ3n) is 3.87. The van der Waals surface area contributed by atoms with Gasteiger partial charge < -0.3 is 10.1 Å². The van der Waals surface area contributed by atoms with E-state index in [1.807, 2.05) is 24.4 Å². The van der Waals surface area contributed by atoms with Crippen molar-refractivity contribution in [3.05, 3.63) is 59.9 Å². The largest absolute Gasteiger partial charge is 0.487 e. The average molecular weight is 282 g/mol. The highest BCUT2D eigenvalue weighted by molar-refractivity contribution is 5.38. The van der Waals surface area contributed by atoms with Crippen LogP contribution in [0.1, 0.15) is 37.6 Å². The number of benzene rings is 1. The molecule has 21 heavy (non-hydrogen) atoms. The molecule has 0 radical (unpaired) electrons. The van der Waals surface area contributed by atoms with E-state index in [-0.39, 0.29) is 5.60 Å². The Morgan fingerprint density at radius 2 is 2.00 bits per heavy atom. The van der Waals surface area contributed by atoms with Crippen LogP contribution in [-0.4, -0.2) is 17.1 Å². The SMILES string of the molecule is CC1(C)CC(NCCc2ccccn2)c2ccccc2O1. The van der Waals surface area contributed by atoms with Crippen LogP contribution in [0.3, 0.4) is 0 Å². The molecule has 110 valence electrons. The van der Waals surface area contributed by atoms with Crippen LogP contribution in [0.2, 0.25) is 0 Å². The Hall–Kier alpha value is -1.87. The van der Waals surface area contributed by atoms with Gasteiger partial charge in [-0.2, -0.15) is 0 Å². The van der Waals surface area contributed by atoms with Crippen LogP contribution in [0.5, 0.6) is 5.75 Å². The van der Waals surface area contributed by atoms with Crippen molar-refractivity contribution in [2.45, 2.75) is 38.3 Å². The number of hydrogen-bond acceptors (Lipinski definition) is 3. The maximum absolute atomic E-state index is 6.06. The molecule has 0 spiro atoms. The first-order chi connectivity index (χ1) is 10.1. The first-order valence-corrected chi connectivity index (χ1v) is 7.55. The van der Waals surface area contributed by atoms with Gasteiger partial charge in [0, 0.05) is 42.9 Å². The second-order valence-electron chi connectivity index (χ2n) is 6.18. The van der Waals surface area contributed by atoms with Crippen molar-refractivity contribution >= 4 is 0 Å². The summed E-state index contributed by atoms with van der Waals surface area (Å²) in [5, 5.41) is 3.66.